The fourth-order valence-corrected chi connectivity index (χ4v) is 2.94. The molecule has 3 fully saturated rings. The quantitative estimate of drug-likeness (QED) is 0.621. The van der Waals surface area contributed by atoms with E-state index in [1.807, 2.05) is 0 Å². The molecule has 2 nitrogen and oxygen atoms in total. The highest BCUT2D eigenvalue weighted by atomic mass is 16.1. The summed E-state index contributed by atoms with van der Waals surface area (Å²) < 4.78 is 0. The summed E-state index contributed by atoms with van der Waals surface area (Å²) in [6.45, 7) is 4.73. The van der Waals surface area contributed by atoms with E-state index in [0.717, 1.165) is 18.2 Å². The minimum Gasteiger partial charge on any atom is -0.356 e. The van der Waals surface area contributed by atoms with Crippen molar-refractivity contribution >= 4 is 6.41 Å². The molecule has 1 amide bonds. The van der Waals surface area contributed by atoms with E-state index in [1.165, 1.54) is 19.3 Å². The van der Waals surface area contributed by atoms with Crippen molar-refractivity contribution in [2.45, 2.75) is 39.2 Å². The highest BCUT2D eigenvalue weighted by Crippen LogP contribution is 2.58. The number of hydrogen-bond acceptors (Lipinski definition) is 1. The molecule has 68 valence electrons. The third-order valence-electron chi connectivity index (χ3n) is 4.12. The van der Waals surface area contributed by atoms with E-state index < -0.39 is 0 Å². The fraction of sp³-hybridized carbons (Fsp3) is 0.900. The molecule has 0 heterocycles. The van der Waals surface area contributed by atoms with Crippen LogP contribution in [0, 0.1) is 17.3 Å². The highest BCUT2D eigenvalue weighted by molar-refractivity contribution is 5.46. The molecule has 0 aliphatic heterocycles. The number of nitrogens with one attached hydrogen (secondary N) is 1. The van der Waals surface area contributed by atoms with Crippen LogP contribution in [0.1, 0.15) is 33.1 Å². The third kappa shape index (κ3) is 0.970. The summed E-state index contributed by atoms with van der Waals surface area (Å²) in [5.74, 6) is 1.71. The van der Waals surface area contributed by atoms with Gasteiger partial charge in [-0.3, -0.25) is 4.79 Å². The molecule has 0 aromatic rings. The molecular weight excluding hydrogens is 150 g/mol. The number of carbonyl (C=O) groups excluding carboxylic acids is 1. The number of fused-ring (bicyclic) bond motifs is 2. The molecular formula is C10H17NO. The zero-order valence-corrected chi connectivity index (χ0v) is 7.84. The normalized spacial score (nSPS) is 43.0. The van der Waals surface area contributed by atoms with Gasteiger partial charge in [-0.25, -0.2) is 0 Å². The number of hydrogen-bond donors (Lipinski definition) is 1. The molecule has 0 aromatic heterocycles. The largest absolute Gasteiger partial charge is 0.356 e. The van der Waals surface area contributed by atoms with Crippen molar-refractivity contribution < 1.29 is 4.79 Å². The Bertz CT molecular complexity index is 186. The molecule has 3 aliphatic rings. The van der Waals surface area contributed by atoms with Crippen molar-refractivity contribution in [3.63, 3.8) is 0 Å². The second-order valence-electron chi connectivity index (χ2n) is 4.90. The highest BCUT2D eigenvalue weighted by Gasteiger charge is 2.52. The van der Waals surface area contributed by atoms with Crippen LogP contribution in [-0.2, 0) is 4.79 Å². The summed E-state index contributed by atoms with van der Waals surface area (Å²) >= 11 is 0. The lowest BCUT2D eigenvalue weighted by Crippen LogP contribution is -2.54. The standard InChI is InChI=1S/C10H17NO/c1-10(2)7-3-8(10)5-9(4-7)11-6-12/h6-9H,3-5H2,1-2H3,(H,11,12)/t7-,8+,9+. The van der Waals surface area contributed by atoms with Gasteiger partial charge in [0.05, 0.1) is 0 Å². The third-order valence-corrected chi connectivity index (χ3v) is 4.12. The Morgan fingerprint density at radius 2 is 1.83 bits per heavy atom. The van der Waals surface area contributed by atoms with Gasteiger partial charge < -0.3 is 5.32 Å². The van der Waals surface area contributed by atoms with Gasteiger partial charge in [0.2, 0.25) is 6.41 Å². The van der Waals surface area contributed by atoms with Gasteiger partial charge in [-0.1, -0.05) is 13.8 Å². The van der Waals surface area contributed by atoms with Crippen LogP contribution < -0.4 is 5.32 Å². The van der Waals surface area contributed by atoms with E-state index in [2.05, 4.69) is 19.2 Å². The molecule has 0 radical (unpaired) electrons. The van der Waals surface area contributed by atoms with Crippen LogP contribution in [0.25, 0.3) is 0 Å². The van der Waals surface area contributed by atoms with E-state index in [1.54, 1.807) is 0 Å². The number of carbonyl (C=O) groups is 1. The SMILES string of the molecule is CC1(C)[C@@H]2C[C@@H](NC=O)C[C@H]1C2. The fourth-order valence-electron chi connectivity index (χ4n) is 2.94. The Morgan fingerprint density at radius 3 is 2.25 bits per heavy atom. The Kier molecular flexibility index (Phi) is 1.67. The molecule has 3 aliphatic carbocycles. The second kappa shape index (κ2) is 2.48. The molecule has 0 saturated heterocycles. The maximum absolute atomic E-state index is 10.2. The van der Waals surface area contributed by atoms with Crippen molar-refractivity contribution in [3.05, 3.63) is 0 Å². The molecule has 3 rings (SSSR count). The first-order chi connectivity index (χ1) is 5.64. The Balaban J connectivity index is 1.96. The number of rotatable bonds is 2. The van der Waals surface area contributed by atoms with Crippen molar-refractivity contribution in [2.75, 3.05) is 0 Å². The minimum atomic E-state index is 0.472. The lowest BCUT2D eigenvalue weighted by atomic mass is 9.48. The van der Waals surface area contributed by atoms with Crippen LogP contribution in [0.15, 0.2) is 0 Å². The lowest BCUT2D eigenvalue weighted by molar-refractivity contribution is -0.114. The topological polar surface area (TPSA) is 29.1 Å². The van der Waals surface area contributed by atoms with Crippen LogP contribution in [0.2, 0.25) is 0 Å². The molecule has 1 N–H and O–H groups in total. The van der Waals surface area contributed by atoms with Crippen LogP contribution in [0.3, 0.4) is 0 Å². The zero-order chi connectivity index (χ0) is 8.77. The molecule has 0 aromatic carbocycles. The van der Waals surface area contributed by atoms with Crippen molar-refractivity contribution in [3.8, 4) is 0 Å². The van der Waals surface area contributed by atoms with Gasteiger partial charge in [0.1, 0.15) is 0 Å². The maximum atomic E-state index is 10.2. The van der Waals surface area contributed by atoms with E-state index >= 15 is 0 Å². The Hall–Kier alpha value is -0.530. The predicted octanol–water partition coefficient (Wildman–Crippen LogP) is 1.56. The monoisotopic (exact) mass is 167 g/mol. The summed E-state index contributed by atoms with van der Waals surface area (Å²) in [5.41, 5.74) is 0.557. The molecule has 3 saturated carbocycles. The first-order valence-corrected chi connectivity index (χ1v) is 4.84. The van der Waals surface area contributed by atoms with Crippen molar-refractivity contribution in [2.24, 2.45) is 17.3 Å². The van der Waals surface area contributed by atoms with E-state index in [4.69, 9.17) is 0 Å². The minimum absolute atomic E-state index is 0.472. The van der Waals surface area contributed by atoms with Crippen LogP contribution in [0.4, 0.5) is 0 Å². The summed E-state index contributed by atoms with van der Waals surface area (Å²) in [5, 5.41) is 2.90. The molecule has 3 atom stereocenters. The molecule has 2 bridgehead atoms. The second-order valence-corrected chi connectivity index (χ2v) is 4.90. The van der Waals surface area contributed by atoms with E-state index in [-0.39, 0.29) is 0 Å². The van der Waals surface area contributed by atoms with Crippen LogP contribution in [-0.4, -0.2) is 12.5 Å². The first kappa shape index (κ1) is 8.09. The van der Waals surface area contributed by atoms with Crippen molar-refractivity contribution in [1.29, 1.82) is 0 Å². The van der Waals surface area contributed by atoms with Crippen molar-refractivity contribution in [1.82, 2.24) is 5.32 Å². The van der Waals surface area contributed by atoms with E-state index in [0.29, 0.717) is 11.5 Å². The van der Waals surface area contributed by atoms with Gasteiger partial charge in [-0.05, 0) is 36.5 Å². The summed E-state index contributed by atoms with van der Waals surface area (Å²) in [7, 11) is 0. The van der Waals surface area contributed by atoms with Gasteiger partial charge >= 0.3 is 0 Å². The maximum Gasteiger partial charge on any atom is 0.207 e. The summed E-state index contributed by atoms with van der Waals surface area (Å²) in [6.07, 6.45) is 4.64. The Labute approximate surface area is 73.7 Å². The van der Waals surface area contributed by atoms with Crippen LogP contribution >= 0.6 is 0 Å². The molecule has 0 spiro atoms. The first-order valence-electron chi connectivity index (χ1n) is 4.84. The molecule has 12 heavy (non-hydrogen) atoms. The van der Waals surface area contributed by atoms with E-state index in [9.17, 15) is 4.79 Å². The summed E-state index contributed by atoms with van der Waals surface area (Å²) in [6, 6.07) is 0.472. The number of amides is 1. The average molecular weight is 167 g/mol. The average Bonchev–Trinajstić information content (AvgIpc) is 2.05. The van der Waals surface area contributed by atoms with Gasteiger partial charge in [0.15, 0.2) is 0 Å². The van der Waals surface area contributed by atoms with Gasteiger partial charge in [-0.2, -0.15) is 0 Å². The zero-order valence-electron chi connectivity index (χ0n) is 7.84. The Morgan fingerprint density at radius 1 is 1.25 bits per heavy atom. The van der Waals surface area contributed by atoms with Gasteiger partial charge in [0.25, 0.3) is 0 Å². The van der Waals surface area contributed by atoms with Gasteiger partial charge in [0, 0.05) is 6.04 Å². The molecule has 2 heteroatoms. The predicted molar refractivity (Wildman–Crippen MR) is 47.6 cm³/mol. The van der Waals surface area contributed by atoms with Crippen LogP contribution in [0.5, 0.6) is 0 Å². The van der Waals surface area contributed by atoms with Gasteiger partial charge in [-0.15, -0.1) is 0 Å². The lowest BCUT2D eigenvalue weighted by Gasteiger charge is -2.58. The smallest absolute Gasteiger partial charge is 0.207 e. The summed E-state index contributed by atoms with van der Waals surface area (Å²) in [4.78, 5) is 10.2. The molecule has 0 unspecified atom stereocenters.